The Morgan fingerprint density at radius 2 is 2.22 bits per heavy atom. The second kappa shape index (κ2) is 5.62. The average Bonchev–Trinajstić information content (AvgIpc) is 2.88. The number of benzene rings is 1. The molecule has 6 heteroatoms. The van der Waals surface area contributed by atoms with Crippen LogP contribution < -0.4 is 5.43 Å². The first-order valence-electron chi connectivity index (χ1n) is 5.27. The molecule has 2 rings (SSSR count). The van der Waals surface area contributed by atoms with E-state index in [9.17, 15) is 4.79 Å². The highest BCUT2D eigenvalue weighted by atomic mass is 16.5. The number of para-hydroxylation sites is 1. The SMILES string of the molecule is COC(=O)N/N=C\c1cnn(-c2ccccc2)c1. The first kappa shape index (κ1) is 11.8. The summed E-state index contributed by atoms with van der Waals surface area (Å²) in [6.07, 6.45) is 4.33. The third-order valence-electron chi connectivity index (χ3n) is 2.18. The normalized spacial score (nSPS) is 10.5. The highest BCUT2D eigenvalue weighted by Crippen LogP contribution is 2.06. The van der Waals surface area contributed by atoms with Gasteiger partial charge >= 0.3 is 6.09 Å². The van der Waals surface area contributed by atoms with Crippen LogP contribution in [-0.4, -0.2) is 29.2 Å². The lowest BCUT2D eigenvalue weighted by Gasteiger charge is -1.98. The molecule has 0 atom stereocenters. The Kier molecular flexibility index (Phi) is 3.70. The molecule has 0 aliphatic rings. The summed E-state index contributed by atoms with van der Waals surface area (Å²) in [5, 5.41) is 7.90. The van der Waals surface area contributed by atoms with E-state index in [1.807, 2.05) is 30.3 Å². The Balaban J connectivity index is 2.05. The number of amides is 1. The summed E-state index contributed by atoms with van der Waals surface area (Å²) in [5.41, 5.74) is 3.93. The van der Waals surface area contributed by atoms with E-state index in [2.05, 4.69) is 20.4 Å². The zero-order valence-corrected chi connectivity index (χ0v) is 9.78. The molecule has 0 fully saturated rings. The first-order valence-corrected chi connectivity index (χ1v) is 5.27. The molecule has 1 aromatic carbocycles. The fraction of sp³-hybridized carbons (Fsp3) is 0.0833. The Bertz CT molecular complexity index is 548. The van der Waals surface area contributed by atoms with Gasteiger partial charge < -0.3 is 4.74 Å². The number of ether oxygens (including phenoxy) is 1. The lowest BCUT2D eigenvalue weighted by Crippen LogP contribution is -2.16. The van der Waals surface area contributed by atoms with Crippen LogP contribution in [0.25, 0.3) is 5.69 Å². The third kappa shape index (κ3) is 2.94. The van der Waals surface area contributed by atoms with Crippen molar-refractivity contribution in [3.05, 3.63) is 48.3 Å². The molecule has 18 heavy (non-hydrogen) atoms. The molecule has 92 valence electrons. The maximum absolute atomic E-state index is 10.8. The molecule has 1 heterocycles. The number of hydrazone groups is 1. The zero-order valence-electron chi connectivity index (χ0n) is 9.78. The standard InChI is InChI=1S/C12H12N4O2/c1-18-12(17)15-13-7-10-8-14-16(9-10)11-5-3-2-4-6-11/h2-9H,1H3,(H,15,17)/b13-7-. The van der Waals surface area contributed by atoms with Crippen LogP contribution >= 0.6 is 0 Å². The third-order valence-corrected chi connectivity index (χ3v) is 2.18. The first-order chi connectivity index (χ1) is 8.79. The van der Waals surface area contributed by atoms with E-state index < -0.39 is 6.09 Å². The van der Waals surface area contributed by atoms with Crippen LogP contribution in [-0.2, 0) is 4.74 Å². The van der Waals surface area contributed by atoms with E-state index in [-0.39, 0.29) is 0 Å². The van der Waals surface area contributed by atoms with Crippen LogP contribution in [0.2, 0.25) is 0 Å². The van der Waals surface area contributed by atoms with E-state index in [1.165, 1.54) is 13.3 Å². The number of hydrogen-bond acceptors (Lipinski definition) is 4. The minimum atomic E-state index is -0.610. The van der Waals surface area contributed by atoms with Gasteiger partial charge in [0.15, 0.2) is 0 Å². The summed E-state index contributed by atoms with van der Waals surface area (Å²) in [4.78, 5) is 10.8. The van der Waals surface area contributed by atoms with Crippen molar-refractivity contribution < 1.29 is 9.53 Å². The van der Waals surface area contributed by atoms with Crippen molar-refractivity contribution in [2.24, 2.45) is 5.10 Å². The number of methoxy groups -OCH3 is 1. The van der Waals surface area contributed by atoms with Crippen LogP contribution in [0.1, 0.15) is 5.56 Å². The van der Waals surface area contributed by atoms with Gasteiger partial charge in [-0.2, -0.15) is 10.2 Å². The summed E-state index contributed by atoms with van der Waals surface area (Å²) in [6.45, 7) is 0. The highest BCUT2D eigenvalue weighted by molar-refractivity contribution is 5.80. The molecule has 1 aromatic heterocycles. The fourth-order valence-corrected chi connectivity index (χ4v) is 1.33. The Morgan fingerprint density at radius 3 is 2.94 bits per heavy atom. The van der Waals surface area contributed by atoms with Crippen molar-refractivity contribution in [2.75, 3.05) is 7.11 Å². The van der Waals surface area contributed by atoms with Gasteiger partial charge in [0.2, 0.25) is 0 Å². The van der Waals surface area contributed by atoms with Gasteiger partial charge in [0.05, 0.1) is 25.2 Å². The molecule has 1 N–H and O–H groups in total. The van der Waals surface area contributed by atoms with Crippen molar-refractivity contribution in [3.63, 3.8) is 0 Å². The Morgan fingerprint density at radius 1 is 1.44 bits per heavy atom. The molecule has 0 aliphatic heterocycles. The number of nitrogens with zero attached hydrogens (tertiary/aromatic N) is 3. The van der Waals surface area contributed by atoms with Crippen molar-refractivity contribution in [2.45, 2.75) is 0 Å². The van der Waals surface area contributed by atoms with Crippen LogP contribution in [0.15, 0.2) is 47.8 Å². The topological polar surface area (TPSA) is 68.5 Å². The van der Waals surface area contributed by atoms with Crippen LogP contribution in [0.5, 0.6) is 0 Å². The average molecular weight is 244 g/mol. The molecule has 0 saturated carbocycles. The highest BCUT2D eigenvalue weighted by Gasteiger charge is 1.98. The van der Waals surface area contributed by atoms with Gasteiger partial charge in [-0.1, -0.05) is 18.2 Å². The van der Waals surface area contributed by atoms with Gasteiger partial charge in [0.1, 0.15) is 0 Å². The van der Waals surface area contributed by atoms with E-state index >= 15 is 0 Å². The second-order valence-electron chi connectivity index (χ2n) is 3.42. The minimum Gasteiger partial charge on any atom is -0.452 e. The summed E-state index contributed by atoms with van der Waals surface area (Å²) in [7, 11) is 1.28. The summed E-state index contributed by atoms with van der Waals surface area (Å²) in [6, 6.07) is 9.70. The van der Waals surface area contributed by atoms with Crippen LogP contribution in [0.4, 0.5) is 4.79 Å². The molecular weight excluding hydrogens is 232 g/mol. The molecule has 0 unspecified atom stereocenters. The molecule has 0 bridgehead atoms. The van der Waals surface area contributed by atoms with E-state index in [1.54, 1.807) is 17.1 Å². The maximum Gasteiger partial charge on any atom is 0.427 e. The maximum atomic E-state index is 10.8. The molecule has 6 nitrogen and oxygen atoms in total. The molecule has 0 aliphatic carbocycles. The monoisotopic (exact) mass is 244 g/mol. The van der Waals surface area contributed by atoms with E-state index in [4.69, 9.17) is 0 Å². The summed E-state index contributed by atoms with van der Waals surface area (Å²) >= 11 is 0. The zero-order chi connectivity index (χ0) is 12.8. The van der Waals surface area contributed by atoms with Crippen molar-refractivity contribution in [3.8, 4) is 5.69 Å². The molecule has 2 aromatic rings. The van der Waals surface area contributed by atoms with Crippen LogP contribution in [0, 0.1) is 0 Å². The Hall–Kier alpha value is -2.63. The van der Waals surface area contributed by atoms with E-state index in [0.717, 1.165) is 11.3 Å². The van der Waals surface area contributed by atoms with Gasteiger partial charge in [-0.3, -0.25) is 0 Å². The molecule has 0 radical (unpaired) electrons. The second-order valence-corrected chi connectivity index (χ2v) is 3.42. The molecule has 1 amide bonds. The van der Waals surface area contributed by atoms with Crippen molar-refractivity contribution in [1.29, 1.82) is 0 Å². The van der Waals surface area contributed by atoms with Gasteiger partial charge in [-0.05, 0) is 12.1 Å². The number of aromatic nitrogens is 2. The predicted molar refractivity (Wildman–Crippen MR) is 66.7 cm³/mol. The van der Waals surface area contributed by atoms with Crippen molar-refractivity contribution in [1.82, 2.24) is 15.2 Å². The lowest BCUT2D eigenvalue weighted by atomic mass is 10.3. The smallest absolute Gasteiger partial charge is 0.427 e. The van der Waals surface area contributed by atoms with Crippen molar-refractivity contribution >= 4 is 12.3 Å². The summed E-state index contributed by atoms with van der Waals surface area (Å²) in [5.74, 6) is 0. The molecular formula is C12H12N4O2. The predicted octanol–water partition coefficient (Wildman–Crippen LogP) is 1.56. The van der Waals surface area contributed by atoms with Gasteiger partial charge in [-0.25, -0.2) is 14.9 Å². The molecule has 0 spiro atoms. The largest absolute Gasteiger partial charge is 0.452 e. The number of rotatable bonds is 3. The molecule has 0 saturated heterocycles. The summed E-state index contributed by atoms with van der Waals surface area (Å²) < 4.78 is 6.10. The number of nitrogens with one attached hydrogen (secondary N) is 1. The number of carbonyl (C=O) groups excluding carboxylic acids is 1. The van der Waals surface area contributed by atoms with Crippen LogP contribution in [0.3, 0.4) is 0 Å². The number of hydrogen-bond donors (Lipinski definition) is 1. The fourth-order valence-electron chi connectivity index (χ4n) is 1.33. The minimum absolute atomic E-state index is 0.610. The van der Waals surface area contributed by atoms with Gasteiger partial charge in [0, 0.05) is 11.8 Å². The van der Waals surface area contributed by atoms with E-state index in [0.29, 0.717) is 0 Å². The quantitative estimate of drug-likeness (QED) is 0.658. The van der Waals surface area contributed by atoms with Gasteiger partial charge in [0.25, 0.3) is 0 Å². The Labute approximate surface area is 104 Å². The number of carbonyl (C=O) groups is 1. The van der Waals surface area contributed by atoms with Gasteiger partial charge in [-0.15, -0.1) is 0 Å². The lowest BCUT2D eigenvalue weighted by molar-refractivity contribution is 0.171.